The molecule has 0 bridgehead atoms. The molecule has 4 rings (SSSR count). The molecule has 0 saturated carbocycles. The van der Waals surface area contributed by atoms with Gasteiger partial charge in [0.25, 0.3) is 5.91 Å². The minimum atomic E-state index is -3.82. The highest BCUT2D eigenvalue weighted by Gasteiger charge is 2.36. The molecule has 1 saturated heterocycles. The first-order chi connectivity index (χ1) is 15.3. The van der Waals surface area contributed by atoms with Crippen LogP contribution >= 0.6 is 0 Å². The van der Waals surface area contributed by atoms with Crippen LogP contribution in [0.15, 0.2) is 47.4 Å². The monoisotopic (exact) mass is 457 g/mol. The summed E-state index contributed by atoms with van der Waals surface area (Å²) in [4.78, 5) is 26.4. The van der Waals surface area contributed by atoms with Gasteiger partial charge < -0.3 is 15.0 Å². The molecule has 0 unspecified atom stereocenters. The smallest absolute Gasteiger partial charge is 0.262 e. The normalized spacial score (nSPS) is 18.9. The average Bonchev–Trinajstić information content (AvgIpc) is 2.78. The van der Waals surface area contributed by atoms with Crippen molar-refractivity contribution in [2.75, 3.05) is 32.1 Å². The average molecular weight is 458 g/mol. The lowest BCUT2D eigenvalue weighted by Gasteiger charge is -2.33. The summed E-state index contributed by atoms with van der Waals surface area (Å²) in [5, 5.41) is 2.69. The van der Waals surface area contributed by atoms with Gasteiger partial charge in [-0.1, -0.05) is 30.3 Å². The summed E-state index contributed by atoms with van der Waals surface area (Å²) in [7, 11) is -2.07. The van der Waals surface area contributed by atoms with E-state index in [9.17, 15) is 18.0 Å². The van der Waals surface area contributed by atoms with Crippen LogP contribution in [-0.4, -0.2) is 56.2 Å². The summed E-state index contributed by atoms with van der Waals surface area (Å²) in [6.07, 6.45) is 1.27. The van der Waals surface area contributed by atoms with E-state index in [1.54, 1.807) is 24.9 Å². The topological polar surface area (TPSA) is 96.0 Å². The van der Waals surface area contributed by atoms with Gasteiger partial charge >= 0.3 is 0 Å². The van der Waals surface area contributed by atoms with Crippen LogP contribution in [0.2, 0.25) is 0 Å². The predicted molar refractivity (Wildman–Crippen MR) is 120 cm³/mol. The van der Waals surface area contributed by atoms with E-state index in [4.69, 9.17) is 4.74 Å². The molecule has 0 radical (unpaired) electrons. The third kappa shape index (κ3) is 4.49. The van der Waals surface area contributed by atoms with Crippen LogP contribution in [0.5, 0.6) is 5.75 Å². The second-order valence-electron chi connectivity index (χ2n) is 8.33. The molecule has 0 aliphatic carbocycles. The molecule has 9 heteroatoms. The lowest BCUT2D eigenvalue weighted by Crippen LogP contribution is -2.45. The van der Waals surface area contributed by atoms with Crippen molar-refractivity contribution in [2.45, 2.75) is 31.2 Å². The summed E-state index contributed by atoms with van der Waals surface area (Å²) < 4.78 is 33.7. The predicted octanol–water partition coefficient (Wildman–Crippen LogP) is 2.39. The van der Waals surface area contributed by atoms with Crippen LogP contribution in [0, 0.1) is 12.8 Å². The summed E-state index contributed by atoms with van der Waals surface area (Å²) in [6, 6.07) is 12.8. The number of ether oxygens (including phenoxy) is 1. The van der Waals surface area contributed by atoms with Crippen molar-refractivity contribution in [3.05, 3.63) is 53.6 Å². The van der Waals surface area contributed by atoms with E-state index in [1.807, 2.05) is 30.3 Å². The number of carbonyl (C=O) groups excluding carboxylic acids is 2. The zero-order valence-electron chi connectivity index (χ0n) is 18.2. The van der Waals surface area contributed by atoms with Crippen molar-refractivity contribution in [1.29, 1.82) is 0 Å². The Labute approximate surface area is 188 Å². The Hall–Kier alpha value is -2.91. The summed E-state index contributed by atoms with van der Waals surface area (Å²) in [5.41, 5.74) is 2.01. The highest BCUT2D eigenvalue weighted by molar-refractivity contribution is 7.89. The first kappa shape index (κ1) is 22.3. The molecule has 2 aliphatic rings. The molecule has 170 valence electrons. The third-order valence-corrected chi connectivity index (χ3v) is 7.91. The maximum atomic E-state index is 13.4. The quantitative estimate of drug-likeness (QED) is 0.744. The van der Waals surface area contributed by atoms with E-state index < -0.39 is 10.0 Å². The number of piperidine rings is 1. The molecule has 2 amide bonds. The second kappa shape index (κ2) is 8.91. The van der Waals surface area contributed by atoms with E-state index in [2.05, 4.69) is 5.32 Å². The maximum Gasteiger partial charge on any atom is 0.262 e. The first-order valence-corrected chi connectivity index (χ1v) is 12.1. The molecule has 1 fully saturated rings. The Morgan fingerprint density at radius 2 is 2.00 bits per heavy atom. The zero-order valence-corrected chi connectivity index (χ0v) is 19.0. The Bertz CT molecular complexity index is 1130. The van der Waals surface area contributed by atoms with Crippen molar-refractivity contribution in [3.63, 3.8) is 0 Å². The van der Waals surface area contributed by atoms with Crippen LogP contribution in [0.1, 0.15) is 24.0 Å². The van der Waals surface area contributed by atoms with Gasteiger partial charge in [-0.15, -0.1) is 0 Å². The Balaban J connectivity index is 1.51. The molecule has 0 aromatic heterocycles. The number of nitrogens with one attached hydrogen (secondary N) is 1. The zero-order chi connectivity index (χ0) is 22.9. The second-order valence-corrected chi connectivity index (χ2v) is 10.2. The number of anilines is 1. The maximum absolute atomic E-state index is 13.4. The molecule has 32 heavy (non-hydrogen) atoms. The SMILES string of the molecule is Cc1cc2c(cc1S(=O)(=O)N1CCC[C@@H](C(=O)N(C)Cc3ccccc3)C1)OCC(=O)N2. The summed E-state index contributed by atoms with van der Waals surface area (Å²) in [6.45, 7) is 2.53. The van der Waals surface area contributed by atoms with Gasteiger partial charge in [-0.3, -0.25) is 9.59 Å². The molecule has 2 aliphatic heterocycles. The third-order valence-electron chi connectivity index (χ3n) is 5.90. The number of fused-ring (bicyclic) bond motifs is 1. The van der Waals surface area contributed by atoms with Crippen molar-refractivity contribution in [1.82, 2.24) is 9.21 Å². The first-order valence-electron chi connectivity index (χ1n) is 10.6. The van der Waals surface area contributed by atoms with Crippen LogP contribution in [0.4, 0.5) is 5.69 Å². The van der Waals surface area contributed by atoms with E-state index in [0.29, 0.717) is 42.9 Å². The molecular weight excluding hydrogens is 430 g/mol. The fourth-order valence-corrected chi connectivity index (χ4v) is 5.99. The van der Waals surface area contributed by atoms with E-state index in [1.165, 1.54) is 10.4 Å². The number of aryl methyl sites for hydroxylation is 1. The van der Waals surface area contributed by atoms with Gasteiger partial charge in [-0.05, 0) is 37.0 Å². The van der Waals surface area contributed by atoms with E-state index in [0.717, 1.165) is 5.56 Å². The van der Waals surface area contributed by atoms with Crippen molar-refractivity contribution >= 4 is 27.5 Å². The summed E-state index contributed by atoms with van der Waals surface area (Å²) in [5.74, 6) is -0.381. The lowest BCUT2D eigenvalue weighted by atomic mass is 9.98. The largest absolute Gasteiger partial charge is 0.482 e. The van der Waals surface area contributed by atoms with Gasteiger partial charge in [0, 0.05) is 32.7 Å². The van der Waals surface area contributed by atoms with Crippen LogP contribution < -0.4 is 10.1 Å². The van der Waals surface area contributed by atoms with Crippen LogP contribution in [0.3, 0.4) is 0 Å². The van der Waals surface area contributed by atoms with Crippen molar-refractivity contribution in [2.24, 2.45) is 5.92 Å². The molecule has 8 nitrogen and oxygen atoms in total. The van der Waals surface area contributed by atoms with Gasteiger partial charge in [0.1, 0.15) is 5.75 Å². The van der Waals surface area contributed by atoms with E-state index >= 15 is 0 Å². The van der Waals surface area contributed by atoms with Crippen molar-refractivity contribution in [3.8, 4) is 5.75 Å². The lowest BCUT2D eigenvalue weighted by molar-refractivity contribution is -0.135. The highest BCUT2D eigenvalue weighted by atomic mass is 32.2. The number of rotatable bonds is 5. The molecule has 1 atom stereocenters. The molecule has 2 aromatic carbocycles. The summed E-state index contributed by atoms with van der Waals surface area (Å²) >= 11 is 0. The van der Waals surface area contributed by atoms with Gasteiger partial charge in [0.05, 0.1) is 16.5 Å². The van der Waals surface area contributed by atoms with E-state index in [-0.39, 0.29) is 35.8 Å². The Morgan fingerprint density at radius 3 is 2.75 bits per heavy atom. The number of benzene rings is 2. The molecule has 1 N–H and O–H groups in total. The number of nitrogens with zero attached hydrogens (tertiary/aromatic N) is 2. The van der Waals surface area contributed by atoms with Crippen LogP contribution in [0.25, 0.3) is 0 Å². The Kier molecular flexibility index (Phi) is 6.21. The fraction of sp³-hybridized carbons (Fsp3) is 0.391. The minimum Gasteiger partial charge on any atom is -0.482 e. The molecule has 0 spiro atoms. The van der Waals surface area contributed by atoms with Gasteiger partial charge in [0.15, 0.2) is 6.61 Å². The van der Waals surface area contributed by atoms with Crippen molar-refractivity contribution < 1.29 is 22.7 Å². The number of carbonyl (C=O) groups is 2. The minimum absolute atomic E-state index is 0.0537. The van der Waals surface area contributed by atoms with Gasteiger partial charge in [0.2, 0.25) is 15.9 Å². The molecular formula is C23H27N3O5S. The number of amides is 2. The Morgan fingerprint density at radius 1 is 1.25 bits per heavy atom. The number of sulfonamides is 1. The molecule has 2 heterocycles. The molecule has 2 aromatic rings. The fourth-order valence-electron chi connectivity index (χ4n) is 4.24. The standard InChI is InChI=1S/C23H27N3O5S/c1-16-11-19-20(31-15-22(27)24-19)12-21(16)32(29,30)26-10-6-9-18(14-26)23(28)25(2)13-17-7-4-3-5-8-17/h3-5,7-8,11-12,18H,6,9-10,13-15H2,1-2H3,(H,24,27)/t18-/m1/s1. The van der Waals surface area contributed by atoms with Gasteiger partial charge in [-0.25, -0.2) is 8.42 Å². The number of hydrogen-bond donors (Lipinski definition) is 1. The highest BCUT2D eigenvalue weighted by Crippen LogP contribution is 2.35. The number of hydrogen-bond acceptors (Lipinski definition) is 5. The van der Waals surface area contributed by atoms with Gasteiger partial charge in [-0.2, -0.15) is 4.31 Å². The van der Waals surface area contributed by atoms with Crippen LogP contribution in [-0.2, 0) is 26.2 Å².